The second-order valence-corrected chi connectivity index (χ2v) is 9.68. The Morgan fingerprint density at radius 1 is 0.429 bits per heavy atom. The zero-order valence-corrected chi connectivity index (χ0v) is 20.4. The van der Waals surface area contributed by atoms with Crippen molar-refractivity contribution >= 4 is 0 Å². The Morgan fingerprint density at radius 2 is 0.679 bits per heavy atom. The third-order valence-electron chi connectivity index (χ3n) is 6.66. The highest BCUT2D eigenvalue weighted by Gasteiger charge is 2.12. The second-order valence-electron chi connectivity index (χ2n) is 9.68. The molecule has 0 amide bonds. The highest BCUT2D eigenvalue weighted by atomic mass is 14.2. The van der Waals surface area contributed by atoms with E-state index in [4.69, 9.17) is 0 Å². The van der Waals surface area contributed by atoms with Crippen LogP contribution >= 0.6 is 0 Å². The molecule has 169 valence electrons. The van der Waals surface area contributed by atoms with Crippen LogP contribution in [0.25, 0.3) is 0 Å². The Balaban J connectivity index is 3.44. The van der Waals surface area contributed by atoms with E-state index < -0.39 is 0 Å². The van der Waals surface area contributed by atoms with E-state index in [0.717, 1.165) is 5.92 Å². The van der Waals surface area contributed by atoms with Gasteiger partial charge in [-0.15, -0.1) is 0 Å². The fourth-order valence-electron chi connectivity index (χ4n) is 4.50. The molecule has 0 heteroatoms. The maximum atomic E-state index is 4.37. The van der Waals surface area contributed by atoms with Crippen molar-refractivity contribution in [2.24, 2.45) is 11.8 Å². The lowest BCUT2D eigenvalue weighted by molar-refractivity contribution is 0.334. The lowest BCUT2D eigenvalue weighted by Crippen LogP contribution is -2.09. The van der Waals surface area contributed by atoms with Gasteiger partial charge in [0.15, 0.2) is 0 Å². The Morgan fingerprint density at radius 3 is 0.929 bits per heavy atom. The van der Waals surface area contributed by atoms with Gasteiger partial charge in [0.25, 0.3) is 0 Å². The third-order valence-corrected chi connectivity index (χ3v) is 6.66. The Labute approximate surface area is 181 Å². The summed E-state index contributed by atoms with van der Waals surface area (Å²) in [5.41, 5.74) is 0. The summed E-state index contributed by atoms with van der Waals surface area (Å²) in [5, 5.41) is 0. The van der Waals surface area contributed by atoms with E-state index in [0.29, 0.717) is 5.92 Å². The Hall–Kier alpha value is 0. The number of hydrogen-bond acceptors (Lipinski definition) is 0. The van der Waals surface area contributed by atoms with Gasteiger partial charge < -0.3 is 0 Å². The summed E-state index contributed by atoms with van der Waals surface area (Å²) < 4.78 is 0. The molecule has 0 saturated heterocycles. The van der Waals surface area contributed by atoms with Gasteiger partial charge >= 0.3 is 0 Å². The second kappa shape index (κ2) is 23.3. The van der Waals surface area contributed by atoms with Crippen molar-refractivity contribution in [3.05, 3.63) is 6.92 Å². The van der Waals surface area contributed by atoms with Crippen LogP contribution < -0.4 is 0 Å². The standard InChI is InChI=1S/C28H57/c1-5-7-9-11-13-15-17-19-21-23-25-28(27(3)4)26-24-22-20-18-16-14-12-10-8-6-2/h27-28H,3,5-26H2,1-2,4H3. The molecule has 1 unspecified atom stereocenters. The molecule has 0 aromatic carbocycles. The van der Waals surface area contributed by atoms with Gasteiger partial charge in [0.05, 0.1) is 0 Å². The van der Waals surface area contributed by atoms with Crippen molar-refractivity contribution < 1.29 is 0 Å². The van der Waals surface area contributed by atoms with E-state index in [1.807, 2.05) is 0 Å². The first-order valence-corrected chi connectivity index (χ1v) is 13.5. The average Bonchev–Trinajstić information content (AvgIpc) is 2.68. The van der Waals surface area contributed by atoms with Crippen LogP contribution in [0.4, 0.5) is 0 Å². The van der Waals surface area contributed by atoms with E-state index in [9.17, 15) is 0 Å². The normalized spacial score (nSPS) is 11.8. The van der Waals surface area contributed by atoms with Gasteiger partial charge in [0, 0.05) is 0 Å². The van der Waals surface area contributed by atoms with Gasteiger partial charge in [-0.2, -0.15) is 0 Å². The molecule has 0 aliphatic heterocycles. The minimum Gasteiger partial charge on any atom is -0.0654 e. The molecule has 0 aromatic rings. The van der Waals surface area contributed by atoms with Crippen LogP contribution in [0.2, 0.25) is 0 Å². The van der Waals surface area contributed by atoms with Gasteiger partial charge in [-0.3, -0.25) is 0 Å². The minimum absolute atomic E-state index is 0.636. The Bertz CT molecular complexity index is 243. The molecule has 0 nitrogen and oxygen atoms in total. The fourth-order valence-corrected chi connectivity index (χ4v) is 4.50. The summed E-state index contributed by atoms with van der Waals surface area (Å²) >= 11 is 0. The molecule has 0 aliphatic rings. The predicted molar refractivity (Wildman–Crippen MR) is 131 cm³/mol. The maximum absolute atomic E-state index is 4.37. The smallest absolute Gasteiger partial charge is 0.0388 e. The lowest BCUT2D eigenvalue weighted by Gasteiger charge is -2.20. The Kier molecular flexibility index (Phi) is 23.3. The van der Waals surface area contributed by atoms with Crippen molar-refractivity contribution in [3.63, 3.8) is 0 Å². The number of unbranched alkanes of at least 4 members (excludes halogenated alkanes) is 18. The van der Waals surface area contributed by atoms with Gasteiger partial charge in [-0.05, 0) is 11.8 Å². The summed E-state index contributed by atoms with van der Waals surface area (Å²) in [5.74, 6) is 1.51. The minimum atomic E-state index is 0.636. The van der Waals surface area contributed by atoms with Crippen LogP contribution in [0.1, 0.15) is 162 Å². The zero-order chi connectivity index (χ0) is 20.7. The molecule has 0 fully saturated rings. The van der Waals surface area contributed by atoms with Crippen LogP contribution in [0, 0.1) is 18.8 Å². The van der Waals surface area contributed by atoms with Gasteiger partial charge in [-0.1, -0.05) is 169 Å². The molecule has 0 bridgehead atoms. The molecule has 1 radical (unpaired) electrons. The first-order valence-electron chi connectivity index (χ1n) is 13.5. The molecular formula is C28H57. The number of rotatable bonds is 23. The van der Waals surface area contributed by atoms with E-state index >= 15 is 0 Å². The molecular weight excluding hydrogens is 336 g/mol. The average molecular weight is 394 g/mol. The predicted octanol–water partition coefficient (Wildman–Crippen LogP) is 10.7. The molecule has 0 heterocycles. The van der Waals surface area contributed by atoms with E-state index in [1.54, 1.807) is 0 Å². The van der Waals surface area contributed by atoms with Crippen LogP contribution in [-0.2, 0) is 0 Å². The first kappa shape index (κ1) is 28.0. The van der Waals surface area contributed by atoms with Gasteiger partial charge in [0.1, 0.15) is 0 Å². The lowest BCUT2D eigenvalue weighted by atomic mass is 9.85. The fraction of sp³-hybridized carbons (Fsp3) is 0.964. The number of hydrogen-bond donors (Lipinski definition) is 0. The first-order chi connectivity index (χ1) is 13.7. The summed E-state index contributed by atoms with van der Waals surface area (Å²) in [6.45, 7) is 11.3. The van der Waals surface area contributed by atoms with Crippen molar-refractivity contribution in [2.45, 2.75) is 162 Å². The summed E-state index contributed by atoms with van der Waals surface area (Å²) in [6.07, 6.45) is 31.8. The van der Waals surface area contributed by atoms with E-state index in [2.05, 4.69) is 27.7 Å². The quantitative estimate of drug-likeness (QED) is 0.151. The van der Waals surface area contributed by atoms with Gasteiger partial charge in [-0.25, -0.2) is 0 Å². The zero-order valence-electron chi connectivity index (χ0n) is 20.4. The van der Waals surface area contributed by atoms with E-state index in [1.165, 1.54) is 141 Å². The molecule has 0 spiro atoms. The van der Waals surface area contributed by atoms with Crippen molar-refractivity contribution in [1.82, 2.24) is 0 Å². The SMILES string of the molecule is [CH2]C(C)C(CCCCCCCCCCCC)CCCCCCCCCCCC. The highest BCUT2D eigenvalue weighted by Crippen LogP contribution is 2.25. The van der Waals surface area contributed by atoms with Crippen LogP contribution in [0.5, 0.6) is 0 Å². The largest absolute Gasteiger partial charge is 0.0654 e. The monoisotopic (exact) mass is 393 g/mol. The van der Waals surface area contributed by atoms with E-state index in [-0.39, 0.29) is 0 Å². The molecule has 0 aliphatic carbocycles. The molecule has 28 heavy (non-hydrogen) atoms. The molecule has 0 N–H and O–H groups in total. The van der Waals surface area contributed by atoms with Crippen molar-refractivity contribution in [3.8, 4) is 0 Å². The van der Waals surface area contributed by atoms with Crippen LogP contribution in [0.15, 0.2) is 0 Å². The molecule has 0 aromatic heterocycles. The topological polar surface area (TPSA) is 0 Å². The summed E-state index contributed by atoms with van der Waals surface area (Å²) in [4.78, 5) is 0. The van der Waals surface area contributed by atoms with Gasteiger partial charge in [0.2, 0.25) is 0 Å². The third kappa shape index (κ3) is 20.7. The van der Waals surface area contributed by atoms with Crippen LogP contribution in [0.3, 0.4) is 0 Å². The summed E-state index contributed by atoms with van der Waals surface area (Å²) in [6, 6.07) is 0. The summed E-state index contributed by atoms with van der Waals surface area (Å²) in [7, 11) is 0. The molecule has 1 atom stereocenters. The van der Waals surface area contributed by atoms with Crippen molar-refractivity contribution in [1.29, 1.82) is 0 Å². The molecule has 0 saturated carbocycles. The maximum Gasteiger partial charge on any atom is -0.0388 e. The van der Waals surface area contributed by atoms with Crippen molar-refractivity contribution in [2.75, 3.05) is 0 Å². The highest BCUT2D eigenvalue weighted by molar-refractivity contribution is 4.69. The molecule has 0 rings (SSSR count). The van der Waals surface area contributed by atoms with Crippen LogP contribution in [-0.4, -0.2) is 0 Å².